The summed E-state index contributed by atoms with van der Waals surface area (Å²) < 4.78 is 10.3. The van der Waals surface area contributed by atoms with E-state index in [1.807, 2.05) is 0 Å². The predicted octanol–water partition coefficient (Wildman–Crippen LogP) is 2.35. The van der Waals surface area contributed by atoms with E-state index in [2.05, 4.69) is 25.6 Å². The van der Waals surface area contributed by atoms with Crippen LogP contribution in [0, 0.1) is 0 Å². The Hall–Kier alpha value is -2.15. The Kier molecular flexibility index (Phi) is 3.42. The fourth-order valence-electron chi connectivity index (χ4n) is 1.16. The highest BCUT2D eigenvalue weighted by molar-refractivity contribution is 9.10. The van der Waals surface area contributed by atoms with Crippen LogP contribution in [0.25, 0.3) is 0 Å². The SMILES string of the molecule is O=C(O)c1cc(C(=O)Oc2cccc(Br)c2)on1. The van der Waals surface area contributed by atoms with E-state index in [9.17, 15) is 9.59 Å². The topological polar surface area (TPSA) is 89.6 Å². The summed E-state index contributed by atoms with van der Waals surface area (Å²) in [6.45, 7) is 0. The monoisotopic (exact) mass is 311 g/mol. The standard InChI is InChI=1S/C11H6BrNO5/c12-6-2-1-3-7(4-6)17-11(16)9-5-8(10(14)15)13-18-9/h1-5H,(H,14,15). The average Bonchev–Trinajstić information content (AvgIpc) is 2.78. The number of halogens is 1. The van der Waals surface area contributed by atoms with E-state index in [0.29, 0.717) is 5.75 Å². The molecule has 0 amide bonds. The van der Waals surface area contributed by atoms with Crippen LogP contribution >= 0.6 is 15.9 Å². The highest BCUT2D eigenvalue weighted by Crippen LogP contribution is 2.19. The van der Waals surface area contributed by atoms with Crippen LogP contribution in [0.2, 0.25) is 0 Å². The average molecular weight is 312 g/mol. The minimum atomic E-state index is -1.28. The van der Waals surface area contributed by atoms with Gasteiger partial charge in [-0.3, -0.25) is 0 Å². The zero-order chi connectivity index (χ0) is 13.1. The Labute approximate surface area is 109 Å². The summed E-state index contributed by atoms with van der Waals surface area (Å²) >= 11 is 3.23. The lowest BCUT2D eigenvalue weighted by Crippen LogP contribution is -2.07. The molecule has 2 rings (SSSR count). The molecule has 0 aliphatic rings. The zero-order valence-corrected chi connectivity index (χ0v) is 10.4. The number of aromatic carboxylic acids is 1. The third kappa shape index (κ3) is 2.75. The zero-order valence-electron chi connectivity index (χ0n) is 8.79. The molecule has 0 saturated carbocycles. The Morgan fingerprint density at radius 3 is 2.72 bits per heavy atom. The van der Waals surface area contributed by atoms with Gasteiger partial charge in [-0.15, -0.1) is 0 Å². The fraction of sp³-hybridized carbons (Fsp3) is 0. The van der Waals surface area contributed by atoms with Gasteiger partial charge in [0, 0.05) is 10.5 Å². The minimum absolute atomic E-state index is 0.271. The van der Waals surface area contributed by atoms with E-state index in [-0.39, 0.29) is 11.5 Å². The van der Waals surface area contributed by atoms with E-state index in [1.165, 1.54) is 0 Å². The summed E-state index contributed by atoms with van der Waals surface area (Å²) in [5.41, 5.74) is -0.351. The molecule has 2 aromatic rings. The Balaban J connectivity index is 2.14. The first-order valence-corrected chi connectivity index (χ1v) is 5.53. The highest BCUT2D eigenvalue weighted by Gasteiger charge is 2.18. The maximum absolute atomic E-state index is 11.6. The van der Waals surface area contributed by atoms with Crippen molar-refractivity contribution in [3.05, 3.63) is 46.3 Å². The first kappa shape index (κ1) is 12.3. The second-order valence-electron chi connectivity index (χ2n) is 3.23. The maximum atomic E-state index is 11.6. The van der Waals surface area contributed by atoms with E-state index in [1.54, 1.807) is 24.3 Å². The fourth-order valence-corrected chi connectivity index (χ4v) is 1.54. The van der Waals surface area contributed by atoms with Gasteiger partial charge in [0.05, 0.1) is 0 Å². The van der Waals surface area contributed by atoms with Crippen molar-refractivity contribution in [1.29, 1.82) is 0 Å². The molecule has 0 bridgehead atoms. The molecule has 1 aromatic carbocycles. The predicted molar refractivity (Wildman–Crippen MR) is 62.6 cm³/mol. The second kappa shape index (κ2) is 5.01. The number of carbonyl (C=O) groups is 2. The van der Waals surface area contributed by atoms with Gasteiger partial charge >= 0.3 is 11.9 Å². The summed E-state index contributed by atoms with van der Waals surface area (Å²) in [6.07, 6.45) is 0. The Morgan fingerprint density at radius 2 is 2.11 bits per heavy atom. The van der Waals surface area contributed by atoms with Crippen molar-refractivity contribution in [3.8, 4) is 5.75 Å². The molecule has 1 heterocycles. The van der Waals surface area contributed by atoms with Crippen LogP contribution in [0.3, 0.4) is 0 Å². The van der Waals surface area contributed by atoms with E-state index in [0.717, 1.165) is 10.5 Å². The first-order chi connectivity index (χ1) is 8.56. The largest absolute Gasteiger partial charge is 0.476 e. The molecule has 0 atom stereocenters. The number of carboxylic acids is 1. The molecular formula is C11H6BrNO5. The Morgan fingerprint density at radius 1 is 1.33 bits per heavy atom. The number of ether oxygens (including phenoxy) is 1. The number of carbonyl (C=O) groups excluding carboxylic acids is 1. The third-order valence-corrected chi connectivity index (χ3v) is 2.43. The number of rotatable bonds is 3. The van der Waals surface area contributed by atoms with Crippen molar-refractivity contribution in [1.82, 2.24) is 5.16 Å². The van der Waals surface area contributed by atoms with Gasteiger partial charge in [0.25, 0.3) is 0 Å². The van der Waals surface area contributed by atoms with Gasteiger partial charge < -0.3 is 14.4 Å². The number of hydrogen-bond donors (Lipinski definition) is 1. The van der Waals surface area contributed by atoms with Crippen molar-refractivity contribution >= 4 is 27.9 Å². The molecule has 1 aromatic heterocycles. The van der Waals surface area contributed by atoms with Gasteiger partial charge in [-0.25, -0.2) is 9.59 Å². The lowest BCUT2D eigenvalue weighted by Gasteiger charge is -2.01. The molecule has 1 N–H and O–H groups in total. The summed E-state index contributed by atoms with van der Waals surface area (Å²) in [5.74, 6) is -2.05. The summed E-state index contributed by atoms with van der Waals surface area (Å²) in [6, 6.07) is 7.64. The summed E-state index contributed by atoms with van der Waals surface area (Å²) in [4.78, 5) is 22.2. The van der Waals surface area contributed by atoms with Gasteiger partial charge in [0.2, 0.25) is 5.76 Å². The van der Waals surface area contributed by atoms with Gasteiger partial charge in [-0.1, -0.05) is 27.2 Å². The minimum Gasteiger partial charge on any atom is -0.476 e. The molecule has 7 heteroatoms. The van der Waals surface area contributed by atoms with Crippen molar-refractivity contribution < 1.29 is 24.0 Å². The second-order valence-corrected chi connectivity index (χ2v) is 4.14. The van der Waals surface area contributed by atoms with E-state index in [4.69, 9.17) is 9.84 Å². The lowest BCUT2D eigenvalue weighted by molar-refractivity contribution is 0.0668. The number of hydrogen-bond acceptors (Lipinski definition) is 5. The molecule has 0 unspecified atom stereocenters. The quantitative estimate of drug-likeness (QED) is 0.691. The van der Waals surface area contributed by atoms with Crippen molar-refractivity contribution in [2.24, 2.45) is 0 Å². The summed E-state index contributed by atoms with van der Waals surface area (Å²) in [5, 5.41) is 11.8. The molecule has 0 aliphatic carbocycles. The van der Waals surface area contributed by atoms with E-state index >= 15 is 0 Å². The van der Waals surface area contributed by atoms with Crippen LogP contribution in [0.1, 0.15) is 21.0 Å². The number of carboxylic acid groups (broad SMARTS) is 1. The highest BCUT2D eigenvalue weighted by atomic mass is 79.9. The number of benzene rings is 1. The van der Waals surface area contributed by atoms with Crippen LogP contribution < -0.4 is 4.74 Å². The first-order valence-electron chi connectivity index (χ1n) is 4.74. The number of aromatic nitrogens is 1. The maximum Gasteiger partial charge on any atom is 0.382 e. The van der Waals surface area contributed by atoms with Gasteiger partial charge in [0.15, 0.2) is 5.69 Å². The van der Waals surface area contributed by atoms with Crippen LogP contribution in [-0.2, 0) is 0 Å². The molecule has 18 heavy (non-hydrogen) atoms. The van der Waals surface area contributed by atoms with Crippen molar-refractivity contribution in [2.75, 3.05) is 0 Å². The summed E-state index contributed by atoms with van der Waals surface area (Å²) in [7, 11) is 0. The van der Waals surface area contributed by atoms with Crippen molar-refractivity contribution in [2.45, 2.75) is 0 Å². The van der Waals surface area contributed by atoms with E-state index < -0.39 is 11.9 Å². The molecule has 92 valence electrons. The van der Waals surface area contributed by atoms with Crippen molar-refractivity contribution in [3.63, 3.8) is 0 Å². The molecule has 0 saturated heterocycles. The number of nitrogens with zero attached hydrogens (tertiary/aromatic N) is 1. The van der Waals surface area contributed by atoms with Crippen LogP contribution in [0.5, 0.6) is 5.75 Å². The lowest BCUT2D eigenvalue weighted by atomic mass is 10.3. The van der Waals surface area contributed by atoms with Gasteiger partial charge in [-0.05, 0) is 18.2 Å². The number of esters is 1. The van der Waals surface area contributed by atoms with Gasteiger partial charge in [0.1, 0.15) is 5.75 Å². The Bertz CT molecular complexity index is 607. The van der Waals surface area contributed by atoms with Crippen LogP contribution in [0.15, 0.2) is 39.3 Å². The van der Waals surface area contributed by atoms with Crippen LogP contribution in [0.4, 0.5) is 0 Å². The molecule has 0 fully saturated rings. The smallest absolute Gasteiger partial charge is 0.382 e. The molecule has 0 radical (unpaired) electrons. The van der Waals surface area contributed by atoms with Crippen LogP contribution in [-0.4, -0.2) is 22.2 Å². The molecule has 0 aliphatic heterocycles. The third-order valence-electron chi connectivity index (χ3n) is 1.94. The normalized spacial score (nSPS) is 10.1. The molecule has 0 spiro atoms. The molecule has 6 nitrogen and oxygen atoms in total. The molecular weight excluding hydrogens is 306 g/mol. The van der Waals surface area contributed by atoms with Gasteiger partial charge in [-0.2, -0.15) is 0 Å².